The van der Waals surface area contributed by atoms with Crippen molar-refractivity contribution in [2.24, 2.45) is 0 Å². The van der Waals surface area contributed by atoms with E-state index in [-0.39, 0.29) is 6.04 Å². The summed E-state index contributed by atoms with van der Waals surface area (Å²) < 4.78 is 0. The lowest BCUT2D eigenvalue weighted by molar-refractivity contribution is -0.110. The van der Waals surface area contributed by atoms with E-state index in [1.165, 1.54) is 0 Å². The minimum absolute atomic E-state index is 0.227. The molecule has 0 aromatic carbocycles. The molecule has 1 atom stereocenters. The predicted octanol–water partition coefficient (Wildman–Crippen LogP) is 0.697. The van der Waals surface area contributed by atoms with Crippen molar-refractivity contribution < 1.29 is 4.79 Å². The van der Waals surface area contributed by atoms with Crippen LogP contribution in [0.5, 0.6) is 0 Å². The molecule has 1 N–H and O–H groups in total. The van der Waals surface area contributed by atoms with Gasteiger partial charge in [0.15, 0.2) is 0 Å². The molecule has 0 saturated carbocycles. The highest BCUT2D eigenvalue weighted by molar-refractivity contribution is 5.46. The van der Waals surface area contributed by atoms with Gasteiger partial charge in [-0.1, -0.05) is 6.08 Å². The third-order valence-electron chi connectivity index (χ3n) is 0.873. The maximum atomic E-state index is 9.74. The Labute approximate surface area is 49.6 Å². The number of amides is 1. The Balaban J connectivity index is 3.16. The Hall–Kier alpha value is -0.790. The average Bonchev–Trinajstić information content (AvgIpc) is 1.68. The minimum atomic E-state index is 0.227. The molecule has 0 aliphatic carbocycles. The zero-order chi connectivity index (χ0) is 6.41. The lowest BCUT2D eigenvalue weighted by Gasteiger charge is -2.03. The second-order valence-electron chi connectivity index (χ2n) is 1.71. The number of hydrogen-bond donors (Lipinski definition) is 1. The van der Waals surface area contributed by atoms with Gasteiger partial charge in [-0.3, -0.25) is 4.79 Å². The first-order chi connectivity index (χ1) is 3.81. The van der Waals surface area contributed by atoms with Crippen molar-refractivity contribution in [1.29, 1.82) is 0 Å². The first kappa shape index (κ1) is 7.21. The molecule has 0 aliphatic heterocycles. The SMILES string of the molecule is C=CCC(C)NC=O. The second kappa shape index (κ2) is 4.37. The van der Waals surface area contributed by atoms with Crippen molar-refractivity contribution in [1.82, 2.24) is 5.32 Å². The number of carbonyl (C=O) groups is 1. The number of rotatable bonds is 4. The van der Waals surface area contributed by atoms with Gasteiger partial charge in [0.1, 0.15) is 0 Å². The quantitative estimate of drug-likeness (QED) is 0.422. The van der Waals surface area contributed by atoms with Crippen LogP contribution in [0.2, 0.25) is 0 Å². The van der Waals surface area contributed by atoms with E-state index >= 15 is 0 Å². The Bertz CT molecular complexity index is 70.6. The summed E-state index contributed by atoms with van der Waals surface area (Å²) in [5.74, 6) is 0. The summed E-state index contributed by atoms with van der Waals surface area (Å²) in [4.78, 5) is 9.74. The van der Waals surface area contributed by atoms with Crippen LogP contribution in [-0.2, 0) is 4.79 Å². The van der Waals surface area contributed by atoms with Crippen molar-refractivity contribution in [2.45, 2.75) is 19.4 Å². The maximum absolute atomic E-state index is 9.74. The number of nitrogens with one attached hydrogen (secondary N) is 1. The zero-order valence-corrected chi connectivity index (χ0v) is 5.05. The van der Waals surface area contributed by atoms with Gasteiger partial charge in [-0.2, -0.15) is 0 Å². The van der Waals surface area contributed by atoms with E-state index in [0.29, 0.717) is 6.41 Å². The summed E-state index contributed by atoms with van der Waals surface area (Å²) in [6, 6.07) is 0.227. The third-order valence-corrected chi connectivity index (χ3v) is 0.873. The highest BCUT2D eigenvalue weighted by Crippen LogP contribution is 1.86. The van der Waals surface area contributed by atoms with Gasteiger partial charge in [0.05, 0.1) is 0 Å². The molecule has 0 rings (SSSR count). The first-order valence-corrected chi connectivity index (χ1v) is 2.62. The van der Waals surface area contributed by atoms with Gasteiger partial charge in [-0.25, -0.2) is 0 Å². The van der Waals surface area contributed by atoms with Gasteiger partial charge >= 0.3 is 0 Å². The molecule has 0 heterocycles. The van der Waals surface area contributed by atoms with Crippen molar-refractivity contribution in [3.05, 3.63) is 12.7 Å². The smallest absolute Gasteiger partial charge is 0.207 e. The molecule has 0 aromatic rings. The van der Waals surface area contributed by atoms with E-state index in [9.17, 15) is 4.79 Å². The summed E-state index contributed by atoms with van der Waals surface area (Å²) >= 11 is 0. The lowest BCUT2D eigenvalue weighted by Crippen LogP contribution is -2.22. The molecule has 1 unspecified atom stereocenters. The summed E-state index contributed by atoms with van der Waals surface area (Å²) in [5, 5.41) is 2.59. The molecule has 0 bridgehead atoms. The fourth-order valence-electron chi connectivity index (χ4n) is 0.434. The van der Waals surface area contributed by atoms with Crippen LogP contribution >= 0.6 is 0 Å². The highest BCUT2D eigenvalue weighted by Gasteiger charge is 1.91. The van der Waals surface area contributed by atoms with Crippen molar-refractivity contribution >= 4 is 6.41 Å². The summed E-state index contributed by atoms with van der Waals surface area (Å²) in [7, 11) is 0. The van der Waals surface area contributed by atoms with E-state index in [1.807, 2.05) is 6.92 Å². The van der Waals surface area contributed by atoms with Gasteiger partial charge in [0.2, 0.25) is 6.41 Å². The van der Waals surface area contributed by atoms with E-state index in [2.05, 4.69) is 11.9 Å². The molecule has 8 heavy (non-hydrogen) atoms. The number of hydrogen-bond acceptors (Lipinski definition) is 1. The molecular formula is C6H11NO. The van der Waals surface area contributed by atoms with Crippen LogP contribution in [-0.4, -0.2) is 12.5 Å². The van der Waals surface area contributed by atoms with Crippen LogP contribution < -0.4 is 5.32 Å². The monoisotopic (exact) mass is 113 g/mol. The standard InChI is InChI=1S/C6H11NO/c1-3-4-6(2)7-5-8/h3,5-6H,1,4H2,2H3,(H,7,8). The van der Waals surface area contributed by atoms with Crippen LogP contribution in [0, 0.1) is 0 Å². The molecule has 2 nitrogen and oxygen atoms in total. The van der Waals surface area contributed by atoms with Gasteiger partial charge in [0, 0.05) is 6.04 Å². The summed E-state index contributed by atoms with van der Waals surface area (Å²) in [5.41, 5.74) is 0. The topological polar surface area (TPSA) is 29.1 Å². The Kier molecular flexibility index (Phi) is 3.94. The second-order valence-corrected chi connectivity index (χ2v) is 1.71. The fourth-order valence-corrected chi connectivity index (χ4v) is 0.434. The van der Waals surface area contributed by atoms with Crippen molar-refractivity contribution in [3.8, 4) is 0 Å². The lowest BCUT2D eigenvalue weighted by atomic mass is 10.2. The summed E-state index contributed by atoms with van der Waals surface area (Å²) in [6.07, 6.45) is 3.31. The molecule has 0 saturated heterocycles. The van der Waals surface area contributed by atoms with Crippen LogP contribution in [0.4, 0.5) is 0 Å². The van der Waals surface area contributed by atoms with Gasteiger partial charge in [-0.05, 0) is 13.3 Å². The molecule has 0 radical (unpaired) electrons. The largest absolute Gasteiger partial charge is 0.356 e. The van der Waals surface area contributed by atoms with Crippen LogP contribution in [0.25, 0.3) is 0 Å². The molecule has 0 spiro atoms. The predicted molar refractivity (Wildman–Crippen MR) is 33.5 cm³/mol. The normalized spacial score (nSPS) is 12.1. The van der Waals surface area contributed by atoms with Crippen LogP contribution in [0.1, 0.15) is 13.3 Å². The van der Waals surface area contributed by atoms with Crippen LogP contribution in [0.3, 0.4) is 0 Å². The van der Waals surface area contributed by atoms with E-state index in [1.54, 1.807) is 6.08 Å². The minimum Gasteiger partial charge on any atom is -0.356 e. The van der Waals surface area contributed by atoms with Crippen molar-refractivity contribution in [3.63, 3.8) is 0 Å². The molecule has 46 valence electrons. The van der Waals surface area contributed by atoms with E-state index in [4.69, 9.17) is 0 Å². The fraction of sp³-hybridized carbons (Fsp3) is 0.500. The highest BCUT2D eigenvalue weighted by atomic mass is 16.1. The number of carbonyl (C=O) groups excluding carboxylic acids is 1. The maximum Gasteiger partial charge on any atom is 0.207 e. The zero-order valence-electron chi connectivity index (χ0n) is 5.05. The molecule has 2 heteroatoms. The third kappa shape index (κ3) is 3.40. The Morgan fingerprint density at radius 2 is 2.50 bits per heavy atom. The van der Waals surface area contributed by atoms with Crippen LogP contribution in [0.15, 0.2) is 12.7 Å². The van der Waals surface area contributed by atoms with Crippen molar-refractivity contribution in [2.75, 3.05) is 0 Å². The molecule has 0 fully saturated rings. The van der Waals surface area contributed by atoms with E-state index in [0.717, 1.165) is 6.42 Å². The Morgan fingerprint density at radius 1 is 1.88 bits per heavy atom. The molecule has 1 amide bonds. The van der Waals surface area contributed by atoms with E-state index < -0.39 is 0 Å². The molecule has 0 aliphatic rings. The Morgan fingerprint density at radius 3 is 2.88 bits per heavy atom. The van der Waals surface area contributed by atoms with Gasteiger partial charge < -0.3 is 5.32 Å². The molecule has 0 aromatic heterocycles. The molecular weight excluding hydrogens is 102 g/mol. The average molecular weight is 113 g/mol. The van der Waals surface area contributed by atoms with Gasteiger partial charge in [0.25, 0.3) is 0 Å². The first-order valence-electron chi connectivity index (χ1n) is 2.62. The van der Waals surface area contributed by atoms with Gasteiger partial charge in [-0.15, -0.1) is 6.58 Å². The summed E-state index contributed by atoms with van der Waals surface area (Å²) in [6.45, 7) is 5.45.